The highest BCUT2D eigenvalue weighted by atomic mass is 32.2. The zero-order valence-corrected chi connectivity index (χ0v) is 15.5. The normalized spacial score (nSPS) is 16.4. The van der Waals surface area contributed by atoms with Crippen molar-refractivity contribution in [3.05, 3.63) is 24.0 Å². The Kier molecular flexibility index (Phi) is 4.03. The molecule has 4 heterocycles. The van der Waals surface area contributed by atoms with E-state index in [1.807, 2.05) is 22.7 Å². The number of benzene rings is 1. The average Bonchev–Trinajstić information content (AvgIpc) is 3.37. The van der Waals surface area contributed by atoms with Crippen molar-refractivity contribution in [3.8, 4) is 22.1 Å². The van der Waals surface area contributed by atoms with Crippen molar-refractivity contribution in [1.29, 1.82) is 0 Å². The van der Waals surface area contributed by atoms with E-state index in [2.05, 4.69) is 15.2 Å². The molecule has 5 rings (SSSR count). The molecule has 0 amide bonds. The Morgan fingerprint density at radius 1 is 1.16 bits per heavy atom. The first-order chi connectivity index (χ1) is 12.4. The molecule has 10 heteroatoms. The monoisotopic (exact) mass is 391 g/mol. The van der Waals surface area contributed by atoms with E-state index in [-0.39, 0.29) is 0 Å². The smallest absolute Gasteiger partial charge is 0.235 e. The van der Waals surface area contributed by atoms with Gasteiger partial charge in [-0.3, -0.25) is 4.99 Å². The molecule has 25 heavy (non-hydrogen) atoms. The van der Waals surface area contributed by atoms with Gasteiger partial charge in [-0.15, -0.1) is 10.2 Å². The SMILES string of the molecule is c1cc2c(cc1-c1nn3c(CSC4=NCCS4)nnc3s1)OCCO2. The van der Waals surface area contributed by atoms with Crippen LogP contribution in [0.3, 0.4) is 0 Å². The van der Waals surface area contributed by atoms with Crippen molar-refractivity contribution in [3.63, 3.8) is 0 Å². The lowest BCUT2D eigenvalue weighted by Gasteiger charge is -2.18. The summed E-state index contributed by atoms with van der Waals surface area (Å²) in [6.07, 6.45) is 0. The summed E-state index contributed by atoms with van der Waals surface area (Å²) in [5.41, 5.74) is 0.995. The summed E-state index contributed by atoms with van der Waals surface area (Å²) >= 11 is 5.01. The first-order valence-electron chi connectivity index (χ1n) is 7.78. The number of rotatable bonds is 3. The van der Waals surface area contributed by atoms with Gasteiger partial charge in [-0.05, 0) is 18.2 Å². The van der Waals surface area contributed by atoms with Crippen LogP contribution in [0, 0.1) is 0 Å². The van der Waals surface area contributed by atoms with Crippen molar-refractivity contribution in [2.75, 3.05) is 25.5 Å². The predicted molar refractivity (Wildman–Crippen MR) is 101 cm³/mol. The molecule has 128 valence electrons. The number of nitrogens with zero attached hydrogens (tertiary/aromatic N) is 5. The molecular formula is C15H13N5O2S3. The van der Waals surface area contributed by atoms with E-state index in [0.717, 1.165) is 55.3 Å². The topological polar surface area (TPSA) is 73.9 Å². The number of aliphatic imine (C=N–C) groups is 1. The lowest BCUT2D eigenvalue weighted by molar-refractivity contribution is 0.171. The second-order valence-corrected chi connectivity index (χ2v) is 8.62. The van der Waals surface area contributed by atoms with E-state index >= 15 is 0 Å². The van der Waals surface area contributed by atoms with Gasteiger partial charge in [0.25, 0.3) is 0 Å². The van der Waals surface area contributed by atoms with E-state index in [9.17, 15) is 0 Å². The van der Waals surface area contributed by atoms with E-state index in [4.69, 9.17) is 14.6 Å². The molecular weight excluding hydrogens is 378 g/mol. The van der Waals surface area contributed by atoms with Crippen molar-refractivity contribution in [2.45, 2.75) is 5.75 Å². The van der Waals surface area contributed by atoms with Gasteiger partial charge in [-0.25, -0.2) is 0 Å². The van der Waals surface area contributed by atoms with E-state index in [0.29, 0.717) is 13.2 Å². The Balaban J connectivity index is 1.42. The van der Waals surface area contributed by atoms with Gasteiger partial charge < -0.3 is 9.47 Å². The van der Waals surface area contributed by atoms with Gasteiger partial charge in [0.2, 0.25) is 4.96 Å². The highest BCUT2D eigenvalue weighted by Crippen LogP contribution is 2.36. The standard InChI is InChI=1S/C15H13N5O2S3/c1-2-10-11(22-5-4-21-10)7-9(1)13-19-20-12(17-18-14(20)25-13)8-24-15-16-3-6-23-15/h1-2,7H,3-6,8H2. The number of aromatic nitrogens is 4. The molecule has 2 aromatic heterocycles. The minimum atomic E-state index is 0.574. The van der Waals surface area contributed by atoms with Gasteiger partial charge in [0.15, 0.2) is 17.3 Å². The van der Waals surface area contributed by atoms with Gasteiger partial charge in [-0.2, -0.15) is 9.61 Å². The van der Waals surface area contributed by atoms with Crippen molar-refractivity contribution >= 4 is 44.2 Å². The summed E-state index contributed by atoms with van der Waals surface area (Å²) in [4.78, 5) is 5.24. The zero-order valence-electron chi connectivity index (χ0n) is 13.0. The summed E-state index contributed by atoms with van der Waals surface area (Å²) < 4.78 is 14.2. The summed E-state index contributed by atoms with van der Waals surface area (Å²) in [7, 11) is 0. The predicted octanol–water partition coefficient (Wildman–Crippen LogP) is 2.96. The van der Waals surface area contributed by atoms with Crippen LogP contribution in [0.5, 0.6) is 11.5 Å². The van der Waals surface area contributed by atoms with Gasteiger partial charge in [-0.1, -0.05) is 34.9 Å². The number of hydrogen-bond acceptors (Lipinski definition) is 9. The molecule has 0 N–H and O–H groups in total. The molecule has 0 bridgehead atoms. The van der Waals surface area contributed by atoms with Crippen LogP contribution in [-0.2, 0) is 5.75 Å². The fourth-order valence-electron chi connectivity index (χ4n) is 2.57. The lowest BCUT2D eigenvalue weighted by Crippen LogP contribution is -2.15. The van der Waals surface area contributed by atoms with Crippen molar-refractivity contribution < 1.29 is 9.47 Å². The molecule has 0 radical (unpaired) electrons. The van der Waals surface area contributed by atoms with Crippen LogP contribution in [0.4, 0.5) is 0 Å². The molecule has 0 aliphatic carbocycles. The quantitative estimate of drug-likeness (QED) is 0.679. The zero-order chi connectivity index (χ0) is 16.6. The third-order valence-electron chi connectivity index (χ3n) is 3.73. The number of hydrogen-bond donors (Lipinski definition) is 0. The molecule has 0 fully saturated rings. The van der Waals surface area contributed by atoms with Crippen LogP contribution >= 0.6 is 34.9 Å². The molecule has 0 atom stereocenters. The van der Waals surface area contributed by atoms with E-state index in [1.54, 1.807) is 23.5 Å². The Labute approximate surface area is 155 Å². The molecule has 0 spiro atoms. The minimum Gasteiger partial charge on any atom is -0.486 e. The molecule has 7 nitrogen and oxygen atoms in total. The minimum absolute atomic E-state index is 0.574. The van der Waals surface area contributed by atoms with Gasteiger partial charge in [0.05, 0.1) is 12.3 Å². The van der Waals surface area contributed by atoms with Gasteiger partial charge >= 0.3 is 0 Å². The number of thioether (sulfide) groups is 2. The Hall–Kier alpha value is -1.78. The number of ether oxygens (including phenoxy) is 2. The van der Waals surface area contributed by atoms with Crippen LogP contribution < -0.4 is 9.47 Å². The molecule has 0 saturated carbocycles. The summed E-state index contributed by atoms with van der Waals surface area (Å²) in [5, 5.41) is 14.1. The summed E-state index contributed by atoms with van der Waals surface area (Å²) in [6.45, 7) is 2.08. The fourth-order valence-corrected chi connectivity index (χ4v) is 5.34. The van der Waals surface area contributed by atoms with Crippen LogP contribution in [0.2, 0.25) is 0 Å². The lowest BCUT2D eigenvalue weighted by atomic mass is 10.2. The highest BCUT2D eigenvalue weighted by Gasteiger charge is 2.17. The molecule has 3 aromatic rings. The van der Waals surface area contributed by atoms with Crippen molar-refractivity contribution in [2.24, 2.45) is 4.99 Å². The molecule has 1 aromatic carbocycles. The van der Waals surface area contributed by atoms with Crippen LogP contribution in [0.25, 0.3) is 15.5 Å². The second-order valence-electron chi connectivity index (χ2n) is 5.36. The van der Waals surface area contributed by atoms with Gasteiger partial charge in [0.1, 0.15) is 22.6 Å². The first kappa shape index (κ1) is 15.5. The Morgan fingerprint density at radius 2 is 2.08 bits per heavy atom. The van der Waals surface area contributed by atoms with Gasteiger partial charge in [0, 0.05) is 11.3 Å². The number of fused-ring (bicyclic) bond motifs is 2. The average molecular weight is 392 g/mol. The molecule has 2 aliphatic rings. The third-order valence-corrected chi connectivity index (χ3v) is 6.92. The Bertz CT molecular complexity index is 967. The second kappa shape index (κ2) is 6.50. The van der Waals surface area contributed by atoms with E-state index < -0.39 is 0 Å². The molecule has 2 aliphatic heterocycles. The van der Waals surface area contributed by atoms with Crippen LogP contribution in [0.1, 0.15) is 5.82 Å². The maximum absolute atomic E-state index is 5.66. The molecule has 0 saturated heterocycles. The Morgan fingerprint density at radius 3 is 2.96 bits per heavy atom. The van der Waals surface area contributed by atoms with Crippen molar-refractivity contribution in [1.82, 2.24) is 19.8 Å². The van der Waals surface area contributed by atoms with Crippen LogP contribution in [-0.4, -0.2) is 49.7 Å². The maximum atomic E-state index is 5.66. The highest BCUT2D eigenvalue weighted by molar-refractivity contribution is 8.38. The first-order valence-corrected chi connectivity index (χ1v) is 10.6. The molecule has 0 unspecified atom stereocenters. The summed E-state index contributed by atoms with van der Waals surface area (Å²) in [5.74, 6) is 4.18. The van der Waals surface area contributed by atoms with E-state index in [1.165, 1.54) is 11.3 Å². The third kappa shape index (κ3) is 2.98. The van der Waals surface area contributed by atoms with Crippen LogP contribution in [0.15, 0.2) is 23.2 Å². The summed E-state index contributed by atoms with van der Waals surface area (Å²) in [6, 6.07) is 5.90. The largest absolute Gasteiger partial charge is 0.486 e. The maximum Gasteiger partial charge on any atom is 0.235 e. The fraction of sp³-hybridized carbons (Fsp3) is 0.333.